The first-order valence-corrected chi connectivity index (χ1v) is 10.4. The Morgan fingerprint density at radius 1 is 1.09 bits per heavy atom. The van der Waals surface area contributed by atoms with Crippen LogP contribution in [-0.4, -0.2) is 26.1 Å². The van der Waals surface area contributed by atoms with Crippen LogP contribution in [0.25, 0.3) is 21.9 Å². The summed E-state index contributed by atoms with van der Waals surface area (Å²) < 4.78 is 0. The van der Waals surface area contributed by atoms with Gasteiger partial charge < -0.3 is 27.5 Å². The van der Waals surface area contributed by atoms with Crippen LogP contribution in [0.4, 0.5) is 11.6 Å². The number of aromatic nitrogens is 4. The maximum absolute atomic E-state index is 10.4. The molecule has 2 heterocycles. The number of nitrogens with one attached hydrogen (secondary N) is 1. The quantitative estimate of drug-likeness (QED) is 0.311. The number of H-pyrrole nitrogens is 1. The van der Waals surface area contributed by atoms with Gasteiger partial charge in [0.1, 0.15) is 11.4 Å². The number of nitrogen functional groups attached to an aromatic ring is 1. The number of amides is 1. The molecule has 0 fully saturated rings. The molecule has 34 heavy (non-hydrogen) atoms. The van der Waals surface area contributed by atoms with Gasteiger partial charge in [-0.3, -0.25) is 14.9 Å². The topological polar surface area (TPSA) is 164 Å². The molecular formula is C24H29KN8O. The molecule has 0 aliphatic rings. The van der Waals surface area contributed by atoms with Crippen molar-refractivity contribution in [2.75, 3.05) is 5.73 Å². The summed E-state index contributed by atoms with van der Waals surface area (Å²) in [6.07, 6.45) is 2.81. The number of anilines is 1. The predicted octanol–water partition coefficient (Wildman–Crippen LogP) is 1.19. The van der Waals surface area contributed by atoms with Crippen molar-refractivity contribution in [3.8, 4) is 0 Å². The number of benzene rings is 2. The fraction of sp³-hybridized carbons (Fsp3) is 0.167. The average Bonchev–Trinajstić information content (AvgIpc) is 3.25. The van der Waals surface area contributed by atoms with E-state index in [-0.39, 0.29) is 62.8 Å². The van der Waals surface area contributed by atoms with Gasteiger partial charge in [0.05, 0.1) is 11.7 Å². The molecule has 10 heteroatoms. The minimum absolute atomic E-state index is 0. The van der Waals surface area contributed by atoms with Gasteiger partial charge >= 0.3 is 51.4 Å². The Bertz CT molecular complexity index is 1240. The third kappa shape index (κ3) is 7.92. The molecule has 0 bridgehead atoms. The Hall–Kier alpha value is -2.76. The summed E-state index contributed by atoms with van der Waals surface area (Å²) in [5.41, 5.74) is 20.6. The number of carbonyl (C=O) groups excluding carboxylic acids is 1. The summed E-state index contributed by atoms with van der Waals surface area (Å²) in [5.74, 6) is 0.318. The Kier molecular flexibility index (Phi) is 12.5. The van der Waals surface area contributed by atoms with E-state index in [0.717, 1.165) is 22.0 Å². The van der Waals surface area contributed by atoms with Crippen LogP contribution in [0.1, 0.15) is 40.9 Å². The molecule has 0 saturated heterocycles. The van der Waals surface area contributed by atoms with Gasteiger partial charge in [-0.25, -0.2) is 0 Å². The minimum Gasteiger partial charge on any atom is -0.460 e. The van der Waals surface area contributed by atoms with Crippen molar-refractivity contribution < 1.29 is 56.2 Å². The number of fused-ring (bicyclic) bond motifs is 1. The molecule has 0 aliphatic heterocycles. The van der Waals surface area contributed by atoms with Crippen molar-refractivity contribution in [1.29, 1.82) is 0 Å². The molecule has 4 rings (SSSR count). The van der Waals surface area contributed by atoms with Gasteiger partial charge in [-0.2, -0.15) is 5.10 Å². The fourth-order valence-electron chi connectivity index (χ4n) is 2.93. The first-order chi connectivity index (χ1) is 15.9. The van der Waals surface area contributed by atoms with Crippen molar-refractivity contribution in [2.24, 2.45) is 11.5 Å². The Morgan fingerprint density at radius 3 is 2.35 bits per heavy atom. The van der Waals surface area contributed by atoms with E-state index in [0.29, 0.717) is 18.1 Å². The second-order valence-electron chi connectivity index (χ2n) is 6.79. The molecule has 0 atom stereocenters. The van der Waals surface area contributed by atoms with Crippen LogP contribution < -0.4 is 68.6 Å². The molecule has 9 nitrogen and oxygen atoms in total. The van der Waals surface area contributed by atoms with Gasteiger partial charge in [0.25, 0.3) is 5.91 Å². The molecule has 0 saturated carbocycles. The van der Waals surface area contributed by atoms with E-state index in [2.05, 4.69) is 57.2 Å². The van der Waals surface area contributed by atoms with E-state index in [9.17, 15) is 4.79 Å². The molecule has 2 aromatic heterocycles. The number of rotatable bonds is 5. The first kappa shape index (κ1) is 29.3. The Morgan fingerprint density at radius 2 is 1.79 bits per heavy atom. The zero-order chi connectivity index (χ0) is 24.4. The van der Waals surface area contributed by atoms with Gasteiger partial charge in [0.2, 0.25) is 0 Å². The number of aromatic amines is 1. The summed E-state index contributed by atoms with van der Waals surface area (Å²) >= 11 is 0. The summed E-state index contributed by atoms with van der Waals surface area (Å²) in [5, 5.41) is 11.4. The van der Waals surface area contributed by atoms with E-state index in [1.165, 1.54) is 18.1 Å². The minimum atomic E-state index is -0.568. The number of hydrogen-bond donors (Lipinski definition) is 4. The largest absolute Gasteiger partial charge is 1.00 e. The summed E-state index contributed by atoms with van der Waals surface area (Å²) in [6, 6.07) is 14.1. The third-order valence-electron chi connectivity index (χ3n) is 4.42. The maximum atomic E-state index is 10.4. The van der Waals surface area contributed by atoms with Crippen LogP contribution in [-0.2, 0) is 6.54 Å². The number of carbonyl (C=O) groups is 1. The molecule has 0 unspecified atom stereocenters. The second-order valence-corrected chi connectivity index (χ2v) is 6.79. The van der Waals surface area contributed by atoms with Gasteiger partial charge in [0.15, 0.2) is 0 Å². The molecule has 0 radical (unpaired) electrons. The number of aryl methyl sites for hydroxylation is 1. The van der Waals surface area contributed by atoms with E-state index in [1.807, 2.05) is 38.1 Å². The molecule has 1 amide bonds. The molecule has 7 N–H and O–H groups in total. The zero-order valence-corrected chi connectivity index (χ0v) is 23.2. The molecule has 2 aromatic carbocycles. The van der Waals surface area contributed by atoms with Gasteiger partial charge in [-0.15, -0.1) is 0 Å². The van der Waals surface area contributed by atoms with Crippen molar-refractivity contribution in [1.82, 2.24) is 20.2 Å². The fourth-order valence-corrected chi connectivity index (χ4v) is 2.93. The van der Waals surface area contributed by atoms with Crippen LogP contribution in [0.15, 0.2) is 61.6 Å². The number of para-hydroxylation sites is 1. The van der Waals surface area contributed by atoms with Crippen molar-refractivity contribution in [3.63, 3.8) is 0 Å². The standard InChI is InChI=1S/C18H17N4.C4H6N4O.C2H6.K/c1-12-5-3-6-14(9-12)10-20-18-16-8-4-7-15(13(2)19)17(16)21-11-22-18;5-3-2(4(6)9)1-7-8-3;1-2;/h3-9,11H,2,10,19H2,1H3;1H,(H2,6,9)(H3,5,7,8);1-2H3;/q-1;;;+1. The van der Waals surface area contributed by atoms with Crippen molar-refractivity contribution >= 4 is 34.1 Å². The number of nitrogens with two attached hydrogens (primary N) is 3. The number of nitrogens with zero attached hydrogens (tertiary/aromatic N) is 4. The predicted molar refractivity (Wildman–Crippen MR) is 134 cm³/mol. The monoisotopic (exact) mass is 484 g/mol. The molecule has 0 aliphatic carbocycles. The Labute approximate surface area is 242 Å². The smallest absolute Gasteiger partial charge is 0.460 e. The van der Waals surface area contributed by atoms with Crippen LogP contribution in [0.2, 0.25) is 0 Å². The number of primary amides is 1. The summed E-state index contributed by atoms with van der Waals surface area (Å²) in [7, 11) is 0. The Balaban J connectivity index is 0.000000407. The maximum Gasteiger partial charge on any atom is 1.00 e. The van der Waals surface area contributed by atoms with E-state index in [4.69, 9.17) is 17.2 Å². The van der Waals surface area contributed by atoms with E-state index >= 15 is 0 Å². The van der Waals surface area contributed by atoms with Gasteiger partial charge in [-0.1, -0.05) is 74.3 Å². The number of hydrogen-bond acceptors (Lipinski definition) is 6. The van der Waals surface area contributed by atoms with Crippen LogP contribution in [0.3, 0.4) is 0 Å². The second kappa shape index (κ2) is 14.5. The summed E-state index contributed by atoms with van der Waals surface area (Å²) in [6.45, 7) is 10.5. The van der Waals surface area contributed by atoms with Crippen LogP contribution in [0, 0.1) is 6.92 Å². The van der Waals surface area contributed by atoms with Gasteiger partial charge in [-0.05, 0) is 24.4 Å². The average molecular weight is 485 g/mol. The van der Waals surface area contributed by atoms with E-state index in [1.54, 1.807) is 0 Å². The zero-order valence-electron chi connectivity index (χ0n) is 20.0. The van der Waals surface area contributed by atoms with E-state index < -0.39 is 5.91 Å². The molecule has 4 aromatic rings. The third-order valence-corrected chi connectivity index (χ3v) is 4.42. The van der Waals surface area contributed by atoms with Crippen LogP contribution >= 0.6 is 0 Å². The SMILES string of the molecule is C=C(N)c1cccc2c([N-]Cc3cccc(C)c3)ncnc12.CC.NC(=O)c1cn[nH]c1N.[K+]. The van der Waals surface area contributed by atoms with Gasteiger partial charge in [0, 0.05) is 17.6 Å². The van der Waals surface area contributed by atoms with Crippen molar-refractivity contribution in [2.45, 2.75) is 27.3 Å². The normalized spacial score (nSPS) is 9.50. The molecular weight excluding hydrogens is 455 g/mol. The molecule has 0 spiro atoms. The van der Waals surface area contributed by atoms with Crippen LogP contribution in [0.5, 0.6) is 0 Å². The molecule has 172 valence electrons. The van der Waals surface area contributed by atoms with Crippen molar-refractivity contribution in [3.05, 3.63) is 89.1 Å². The summed E-state index contributed by atoms with van der Waals surface area (Å²) in [4.78, 5) is 19.0. The first-order valence-electron chi connectivity index (χ1n) is 10.4.